The molecule has 2 fully saturated rings. The van der Waals surface area contributed by atoms with Crippen LogP contribution in [0.3, 0.4) is 0 Å². The Kier molecular flexibility index (Phi) is 4.14. The predicted molar refractivity (Wildman–Crippen MR) is 74.2 cm³/mol. The summed E-state index contributed by atoms with van der Waals surface area (Å²) in [7, 11) is 0. The summed E-state index contributed by atoms with van der Waals surface area (Å²) in [5.41, 5.74) is 0.662. The minimum Gasteiger partial charge on any atom is -0.313 e. The van der Waals surface area contributed by atoms with Crippen LogP contribution in [0.2, 0.25) is 0 Å². The van der Waals surface area contributed by atoms with E-state index in [4.69, 9.17) is 0 Å². The van der Waals surface area contributed by atoms with Gasteiger partial charge in [0.25, 0.3) is 0 Å². The molecule has 2 aliphatic rings. The Labute approximate surface area is 107 Å². The highest BCUT2D eigenvalue weighted by Crippen LogP contribution is 2.51. The molecule has 0 spiro atoms. The molecule has 1 aliphatic heterocycles. The van der Waals surface area contributed by atoms with Gasteiger partial charge in [0.15, 0.2) is 0 Å². The summed E-state index contributed by atoms with van der Waals surface area (Å²) in [6.45, 7) is 13.2. The number of rotatable bonds is 5. The minimum atomic E-state index is 0.662. The molecule has 1 heterocycles. The number of likely N-dealkylation sites (tertiary alicyclic amines) is 1. The molecule has 100 valence electrons. The lowest BCUT2D eigenvalue weighted by atomic mass is 9.91. The highest BCUT2D eigenvalue weighted by atomic mass is 15.2. The van der Waals surface area contributed by atoms with E-state index in [-0.39, 0.29) is 0 Å². The van der Waals surface area contributed by atoms with Crippen molar-refractivity contribution >= 4 is 0 Å². The van der Waals surface area contributed by atoms with Crippen molar-refractivity contribution in [2.75, 3.05) is 19.6 Å². The van der Waals surface area contributed by atoms with Gasteiger partial charge in [-0.25, -0.2) is 0 Å². The second kappa shape index (κ2) is 5.27. The smallest absolute Gasteiger partial charge is 0.00916 e. The van der Waals surface area contributed by atoms with Crippen molar-refractivity contribution in [1.29, 1.82) is 0 Å². The second-order valence-corrected chi connectivity index (χ2v) is 6.80. The third kappa shape index (κ3) is 3.23. The van der Waals surface area contributed by atoms with E-state index in [0.717, 1.165) is 18.0 Å². The summed E-state index contributed by atoms with van der Waals surface area (Å²) >= 11 is 0. The van der Waals surface area contributed by atoms with Gasteiger partial charge in [0.2, 0.25) is 0 Å². The molecular formula is C15H30N2. The number of piperidine rings is 1. The molecule has 1 aliphatic carbocycles. The Hall–Kier alpha value is -0.0800. The van der Waals surface area contributed by atoms with E-state index < -0.39 is 0 Å². The van der Waals surface area contributed by atoms with Gasteiger partial charge in [-0.3, -0.25) is 0 Å². The van der Waals surface area contributed by atoms with Crippen molar-refractivity contribution in [2.24, 2.45) is 11.3 Å². The molecule has 0 unspecified atom stereocenters. The number of nitrogens with one attached hydrogen (secondary N) is 1. The molecule has 0 aromatic rings. The number of hydrogen-bond donors (Lipinski definition) is 1. The van der Waals surface area contributed by atoms with Crippen molar-refractivity contribution in [3.8, 4) is 0 Å². The molecule has 1 saturated carbocycles. The van der Waals surface area contributed by atoms with E-state index in [1.165, 1.54) is 45.3 Å². The lowest BCUT2D eigenvalue weighted by Crippen LogP contribution is -2.46. The van der Waals surface area contributed by atoms with Crippen LogP contribution < -0.4 is 5.32 Å². The zero-order valence-electron chi connectivity index (χ0n) is 12.1. The van der Waals surface area contributed by atoms with E-state index in [1.807, 2.05) is 0 Å². The molecule has 0 amide bonds. The molecule has 2 rings (SSSR count). The van der Waals surface area contributed by atoms with E-state index in [0.29, 0.717) is 5.41 Å². The van der Waals surface area contributed by atoms with Crippen LogP contribution in [-0.2, 0) is 0 Å². The van der Waals surface area contributed by atoms with Crippen LogP contribution in [0.1, 0.15) is 53.4 Å². The van der Waals surface area contributed by atoms with E-state index in [9.17, 15) is 0 Å². The van der Waals surface area contributed by atoms with Crippen LogP contribution in [0.25, 0.3) is 0 Å². The first-order valence-corrected chi connectivity index (χ1v) is 7.51. The molecule has 0 radical (unpaired) electrons. The fraction of sp³-hybridized carbons (Fsp3) is 1.00. The topological polar surface area (TPSA) is 15.3 Å². The zero-order valence-corrected chi connectivity index (χ0v) is 12.1. The molecule has 1 N–H and O–H groups in total. The van der Waals surface area contributed by atoms with Crippen LogP contribution in [0, 0.1) is 11.3 Å². The van der Waals surface area contributed by atoms with Gasteiger partial charge in [0.1, 0.15) is 0 Å². The maximum atomic E-state index is 3.84. The van der Waals surface area contributed by atoms with E-state index in [2.05, 4.69) is 37.9 Å². The third-order valence-corrected chi connectivity index (χ3v) is 5.12. The number of hydrogen-bond acceptors (Lipinski definition) is 2. The summed E-state index contributed by atoms with van der Waals surface area (Å²) in [6, 6.07) is 1.50. The molecule has 0 atom stereocenters. The Bertz CT molecular complexity index is 235. The first-order valence-electron chi connectivity index (χ1n) is 7.51. The third-order valence-electron chi connectivity index (χ3n) is 5.12. The Balaban J connectivity index is 1.69. The van der Waals surface area contributed by atoms with Crippen LogP contribution in [-0.4, -0.2) is 36.6 Å². The van der Waals surface area contributed by atoms with Crippen LogP contribution >= 0.6 is 0 Å². The first kappa shape index (κ1) is 13.4. The summed E-state index contributed by atoms with van der Waals surface area (Å²) in [6.07, 6.45) is 5.57. The average Bonchev–Trinajstić information content (AvgIpc) is 3.08. The first-order chi connectivity index (χ1) is 8.03. The molecule has 17 heavy (non-hydrogen) atoms. The molecular weight excluding hydrogens is 208 g/mol. The second-order valence-electron chi connectivity index (χ2n) is 6.80. The van der Waals surface area contributed by atoms with Crippen molar-refractivity contribution in [3.05, 3.63) is 0 Å². The molecule has 2 heteroatoms. The van der Waals surface area contributed by atoms with E-state index >= 15 is 0 Å². The highest BCUT2D eigenvalue weighted by molar-refractivity contribution is 4.98. The van der Waals surface area contributed by atoms with Gasteiger partial charge in [-0.2, -0.15) is 0 Å². The van der Waals surface area contributed by atoms with Crippen molar-refractivity contribution < 1.29 is 0 Å². The van der Waals surface area contributed by atoms with Gasteiger partial charge in [0, 0.05) is 18.6 Å². The molecule has 1 saturated heterocycles. The Morgan fingerprint density at radius 2 is 1.71 bits per heavy atom. The molecule has 0 bridgehead atoms. The summed E-state index contributed by atoms with van der Waals surface area (Å²) < 4.78 is 0. The summed E-state index contributed by atoms with van der Waals surface area (Å²) in [5, 5.41) is 3.84. The Morgan fingerprint density at radius 1 is 1.12 bits per heavy atom. The zero-order chi connectivity index (χ0) is 12.5. The van der Waals surface area contributed by atoms with Crippen LogP contribution in [0.5, 0.6) is 0 Å². The fourth-order valence-corrected chi connectivity index (χ4v) is 3.09. The van der Waals surface area contributed by atoms with E-state index in [1.54, 1.807) is 0 Å². The largest absolute Gasteiger partial charge is 0.313 e. The van der Waals surface area contributed by atoms with Crippen molar-refractivity contribution in [3.63, 3.8) is 0 Å². The van der Waals surface area contributed by atoms with Crippen LogP contribution in [0.15, 0.2) is 0 Å². The maximum Gasteiger partial charge on any atom is 0.00916 e. The van der Waals surface area contributed by atoms with Crippen molar-refractivity contribution in [1.82, 2.24) is 10.2 Å². The molecule has 2 nitrogen and oxygen atoms in total. The summed E-state index contributed by atoms with van der Waals surface area (Å²) in [5.74, 6) is 0.853. The van der Waals surface area contributed by atoms with Crippen molar-refractivity contribution in [2.45, 2.75) is 65.5 Å². The SMILES string of the molecule is CC(C)N1CCC(NCC2(C(C)C)CC2)CC1. The Morgan fingerprint density at radius 3 is 2.12 bits per heavy atom. The molecule has 0 aromatic carbocycles. The highest BCUT2D eigenvalue weighted by Gasteiger charge is 2.45. The fourth-order valence-electron chi connectivity index (χ4n) is 3.09. The lowest BCUT2D eigenvalue weighted by Gasteiger charge is -2.36. The minimum absolute atomic E-state index is 0.662. The maximum absolute atomic E-state index is 3.84. The van der Waals surface area contributed by atoms with Crippen LogP contribution in [0.4, 0.5) is 0 Å². The van der Waals surface area contributed by atoms with Gasteiger partial charge in [-0.15, -0.1) is 0 Å². The molecule has 0 aromatic heterocycles. The quantitative estimate of drug-likeness (QED) is 0.792. The van der Waals surface area contributed by atoms with Gasteiger partial charge >= 0.3 is 0 Å². The van der Waals surface area contributed by atoms with Gasteiger partial charge in [-0.1, -0.05) is 13.8 Å². The summed E-state index contributed by atoms with van der Waals surface area (Å²) in [4.78, 5) is 2.60. The predicted octanol–water partition coefficient (Wildman–Crippen LogP) is 2.89. The van der Waals surface area contributed by atoms with Gasteiger partial charge in [-0.05, 0) is 64.0 Å². The number of nitrogens with zero attached hydrogens (tertiary/aromatic N) is 1. The lowest BCUT2D eigenvalue weighted by molar-refractivity contribution is 0.156. The van der Waals surface area contributed by atoms with Gasteiger partial charge in [0.05, 0.1) is 0 Å². The standard InChI is InChI=1S/C15H30N2/c1-12(2)15(7-8-15)11-16-14-5-9-17(10-6-14)13(3)4/h12-14,16H,5-11H2,1-4H3. The normalized spacial score (nSPS) is 25.8. The monoisotopic (exact) mass is 238 g/mol. The average molecular weight is 238 g/mol. The van der Waals surface area contributed by atoms with Gasteiger partial charge < -0.3 is 10.2 Å².